The van der Waals surface area contributed by atoms with E-state index < -0.39 is 6.10 Å². The van der Waals surface area contributed by atoms with Crippen LogP contribution in [0.3, 0.4) is 0 Å². The van der Waals surface area contributed by atoms with Crippen LogP contribution in [0.4, 0.5) is 0 Å². The maximum absolute atomic E-state index is 11.0. The predicted octanol–water partition coefficient (Wildman–Crippen LogP) is 4.09. The molecule has 0 spiro atoms. The molecule has 2 heterocycles. The third-order valence-electron chi connectivity index (χ3n) is 6.43. The van der Waals surface area contributed by atoms with Gasteiger partial charge in [0.05, 0.1) is 24.9 Å². The number of nitrogens with zero attached hydrogens (tertiary/aromatic N) is 4. The Morgan fingerprint density at radius 3 is 2.62 bits per heavy atom. The Morgan fingerprint density at radius 1 is 1.14 bits per heavy atom. The van der Waals surface area contributed by atoms with Crippen LogP contribution >= 0.6 is 0 Å². The molecule has 1 aliphatic heterocycles. The lowest BCUT2D eigenvalue weighted by atomic mass is 9.90. The average Bonchev–Trinajstić information content (AvgIpc) is 3.49. The molecule has 6 heteroatoms. The fourth-order valence-corrected chi connectivity index (χ4v) is 4.46. The van der Waals surface area contributed by atoms with Gasteiger partial charge in [-0.2, -0.15) is 0 Å². The molecule has 2 fully saturated rings. The third-order valence-corrected chi connectivity index (χ3v) is 6.43. The van der Waals surface area contributed by atoms with Gasteiger partial charge in [0.25, 0.3) is 0 Å². The zero-order chi connectivity index (χ0) is 20.2. The standard InChI is InChI=1S/C23H34N4O2/c1-3-4-5-6-13-26-16-22(27-15-20(24-25-27)17-7-8-17)23(28)14-21(26)18-9-11-19(29-2)12-10-18/h9-12,15,17,21-23,28H,3-8,13-14,16H2,1-2H3/t21-,22+,23+/m0/s1. The van der Waals surface area contributed by atoms with Crippen molar-refractivity contribution in [2.24, 2.45) is 0 Å². The fraction of sp³-hybridized carbons (Fsp3) is 0.652. The van der Waals surface area contributed by atoms with E-state index in [1.807, 2.05) is 16.8 Å². The Labute approximate surface area is 173 Å². The van der Waals surface area contributed by atoms with E-state index >= 15 is 0 Å². The maximum Gasteiger partial charge on any atom is 0.118 e. The minimum Gasteiger partial charge on any atom is -0.497 e. The van der Waals surface area contributed by atoms with Crippen molar-refractivity contribution in [2.75, 3.05) is 20.2 Å². The molecule has 0 radical (unpaired) electrons. The van der Waals surface area contributed by atoms with Crippen molar-refractivity contribution in [3.63, 3.8) is 0 Å². The van der Waals surface area contributed by atoms with E-state index in [0.29, 0.717) is 12.3 Å². The van der Waals surface area contributed by atoms with Gasteiger partial charge >= 0.3 is 0 Å². The summed E-state index contributed by atoms with van der Waals surface area (Å²) in [4.78, 5) is 2.54. The molecule has 1 N–H and O–H groups in total. The van der Waals surface area contributed by atoms with Gasteiger partial charge in [-0.05, 0) is 49.9 Å². The number of rotatable bonds is 9. The van der Waals surface area contributed by atoms with Crippen LogP contribution < -0.4 is 4.74 Å². The van der Waals surface area contributed by atoms with Crippen LogP contribution in [-0.2, 0) is 0 Å². The van der Waals surface area contributed by atoms with Gasteiger partial charge in [0.1, 0.15) is 5.75 Å². The highest BCUT2D eigenvalue weighted by molar-refractivity contribution is 5.29. The first-order valence-corrected chi connectivity index (χ1v) is 11.2. The number of methoxy groups -OCH3 is 1. The maximum atomic E-state index is 11.0. The Balaban J connectivity index is 1.50. The molecule has 1 saturated carbocycles. The largest absolute Gasteiger partial charge is 0.497 e. The van der Waals surface area contributed by atoms with Crippen LogP contribution in [0.15, 0.2) is 30.5 Å². The Morgan fingerprint density at radius 2 is 1.93 bits per heavy atom. The van der Waals surface area contributed by atoms with Crippen molar-refractivity contribution in [2.45, 2.75) is 76.0 Å². The van der Waals surface area contributed by atoms with Gasteiger partial charge in [-0.15, -0.1) is 5.10 Å². The van der Waals surface area contributed by atoms with E-state index in [0.717, 1.165) is 24.5 Å². The lowest BCUT2D eigenvalue weighted by Crippen LogP contribution is -2.46. The minimum absolute atomic E-state index is 0.0318. The van der Waals surface area contributed by atoms with E-state index in [1.54, 1.807) is 7.11 Å². The summed E-state index contributed by atoms with van der Waals surface area (Å²) >= 11 is 0. The molecule has 1 aliphatic carbocycles. The number of aliphatic hydroxyl groups is 1. The number of likely N-dealkylation sites (tertiary alicyclic amines) is 1. The summed E-state index contributed by atoms with van der Waals surface area (Å²) in [6.45, 7) is 4.09. The molecule has 0 amide bonds. The van der Waals surface area contributed by atoms with Crippen LogP contribution in [0.2, 0.25) is 0 Å². The number of unbranched alkanes of at least 4 members (excludes halogenated alkanes) is 3. The molecule has 1 aromatic carbocycles. The average molecular weight is 399 g/mol. The summed E-state index contributed by atoms with van der Waals surface area (Å²) in [5.41, 5.74) is 2.33. The molecular formula is C23H34N4O2. The lowest BCUT2D eigenvalue weighted by Gasteiger charge is -2.42. The normalized spacial score (nSPS) is 25.3. The van der Waals surface area contributed by atoms with E-state index in [1.165, 1.54) is 44.1 Å². The van der Waals surface area contributed by atoms with Crippen molar-refractivity contribution in [3.05, 3.63) is 41.7 Å². The molecule has 1 aromatic heterocycles. The number of aromatic nitrogens is 3. The van der Waals surface area contributed by atoms with Gasteiger partial charge in [0, 0.05) is 24.7 Å². The van der Waals surface area contributed by atoms with Crippen LogP contribution in [0.1, 0.15) is 81.1 Å². The quantitative estimate of drug-likeness (QED) is 0.645. The molecule has 29 heavy (non-hydrogen) atoms. The van der Waals surface area contributed by atoms with Crippen LogP contribution in [0.25, 0.3) is 0 Å². The van der Waals surface area contributed by atoms with Crippen molar-refractivity contribution >= 4 is 0 Å². The SMILES string of the molecule is CCCCCCN1C[C@@H](n2cc(C3CC3)nn2)[C@H](O)C[C@H]1c1ccc(OC)cc1. The minimum atomic E-state index is -0.428. The first-order valence-electron chi connectivity index (χ1n) is 11.2. The van der Waals surface area contributed by atoms with Gasteiger partial charge in [-0.3, -0.25) is 4.90 Å². The van der Waals surface area contributed by atoms with Crippen molar-refractivity contribution in [1.82, 2.24) is 19.9 Å². The Kier molecular flexibility index (Phi) is 6.50. The van der Waals surface area contributed by atoms with Gasteiger partial charge in [-0.25, -0.2) is 4.68 Å². The zero-order valence-corrected chi connectivity index (χ0v) is 17.7. The van der Waals surface area contributed by atoms with Crippen molar-refractivity contribution in [1.29, 1.82) is 0 Å². The van der Waals surface area contributed by atoms with Gasteiger partial charge < -0.3 is 9.84 Å². The Bertz CT molecular complexity index is 771. The molecule has 2 aromatic rings. The Hall–Kier alpha value is -1.92. The number of hydrogen-bond acceptors (Lipinski definition) is 5. The van der Waals surface area contributed by atoms with Crippen LogP contribution in [0, 0.1) is 0 Å². The highest BCUT2D eigenvalue weighted by Gasteiger charge is 2.37. The third kappa shape index (κ3) is 4.81. The molecule has 2 aliphatic rings. The van der Waals surface area contributed by atoms with Crippen LogP contribution in [0.5, 0.6) is 5.75 Å². The fourth-order valence-electron chi connectivity index (χ4n) is 4.46. The number of hydrogen-bond donors (Lipinski definition) is 1. The van der Waals surface area contributed by atoms with Crippen molar-refractivity contribution < 1.29 is 9.84 Å². The summed E-state index contributed by atoms with van der Waals surface area (Å²) in [6, 6.07) is 8.49. The van der Waals surface area contributed by atoms with Gasteiger partial charge in [-0.1, -0.05) is 43.5 Å². The topological polar surface area (TPSA) is 63.4 Å². The molecular weight excluding hydrogens is 364 g/mol. The zero-order valence-electron chi connectivity index (χ0n) is 17.7. The van der Waals surface area contributed by atoms with E-state index in [2.05, 4.69) is 40.5 Å². The summed E-state index contributed by atoms with van der Waals surface area (Å²) in [7, 11) is 1.69. The molecule has 0 bridgehead atoms. The summed E-state index contributed by atoms with van der Waals surface area (Å²) in [5, 5.41) is 19.8. The van der Waals surface area contributed by atoms with Crippen LogP contribution in [-0.4, -0.2) is 51.3 Å². The number of aliphatic hydroxyl groups excluding tert-OH is 1. The van der Waals surface area contributed by atoms with Gasteiger partial charge in [0.15, 0.2) is 0 Å². The molecule has 4 rings (SSSR count). The molecule has 158 valence electrons. The molecule has 0 unspecified atom stereocenters. The highest BCUT2D eigenvalue weighted by Crippen LogP contribution is 2.40. The number of ether oxygens (including phenoxy) is 1. The van der Waals surface area contributed by atoms with E-state index in [4.69, 9.17) is 4.74 Å². The number of piperidine rings is 1. The molecule has 6 nitrogen and oxygen atoms in total. The lowest BCUT2D eigenvalue weighted by molar-refractivity contribution is -0.00776. The summed E-state index contributed by atoms with van der Waals surface area (Å²) in [6.07, 6.45) is 9.75. The number of benzene rings is 1. The highest BCUT2D eigenvalue weighted by atomic mass is 16.5. The first kappa shape index (κ1) is 20.4. The molecule has 3 atom stereocenters. The second-order valence-electron chi connectivity index (χ2n) is 8.61. The summed E-state index contributed by atoms with van der Waals surface area (Å²) in [5.74, 6) is 1.45. The first-order chi connectivity index (χ1) is 14.2. The summed E-state index contributed by atoms with van der Waals surface area (Å²) < 4.78 is 7.23. The van der Waals surface area contributed by atoms with Crippen molar-refractivity contribution in [3.8, 4) is 5.75 Å². The molecule has 1 saturated heterocycles. The predicted molar refractivity (Wildman–Crippen MR) is 113 cm³/mol. The van der Waals surface area contributed by atoms with E-state index in [-0.39, 0.29) is 12.1 Å². The smallest absolute Gasteiger partial charge is 0.118 e. The van der Waals surface area contributed by atoms with E-state index in [9.17, 15) is 5.11 Å². The van der Waals surface area contributed by atoms with Gasteiger partial charge in [0.2, 0.25) is 0 Å². The second kappa shape index (κ2) is 9.26. The monoisotopic (exact) mass is 398 g/mol. The second-order valence-corrected chi connectivity index (χ2v) is 8.61.